The van der Waals surface area contributed by atoms with Crippen molar-refractivity contribution in [2.45, 2.75) is 0 Å². The van der Waals surface area contributed by atoms with Crippen molar-refractivity contribution in [2.24, 2.45) is 0 Å². The second-order valence-corrected chi connectivity index (χ2v) is 3.93. The molecule has 0 fully saturated rings. The second-order valence-electron chi connectivity index (χ2n) is 3.93. The van der Waals surface area contributed by atoms with E-state index in [1.807, 2.05) is 18.2 Å². The fraction of sp³-hybridized carbons (Fsp3) is 0.133. The predicted octanol–water partition coefficient (Wildman–Crippen LogP) is 2.32. The molecule has 0 amide bonds. The Bertz CT molecular complexity index is 638. The molecule has 0 saturated carbocycles. The molecule has 5 heteroatoms. The van der Waals surface area contributed by atoms with E-state index in [0.29, 0.717) is 5.69 Å². The van der Waals surface area contributed by atoms with Gasteiger partial charge in [0.05, 0.1) is 25.5 Å². The SMILES string of the molecule is COC(=O)c1ccnc(-c2ccccc2)c1C(=O)OC. The van der Waals surface area contributed by atoms with E-state index < -0.39 is 11.9 Å². The highest BCUT2D eigenvalue weighted by molar-refractivity contribution is 6.07. The molecule has 1 aromatic carbocycles. The minimum Gasteiger partial charge on any atom is -0.465 e. The molecular weight excluding hydrogens is 258 g/mol. The Morgan fingerprint density at radius 1 is 0.950 bits per heavy atom. The van der Waals surface area contributed by atoms with Crippen molar-refractivity contribution in [2.75, 3.05) is 14.2 Å². The van der Waals surface area contributed by atoms with Crippen molar-refractivity contribution in [3.05, 3.63) is 53.7 Å². The molecule has 20 heavy (non-hydrogen) atoms. The average molecular weight is 271 g/mol. The molecule has 0 bridgehead atoms. The van der Waals surface area contributed by atoms with Gasteiger partial charge in [0, 0.05) is 11.8 Å². The van der Waals surface area contributed by atoms with Gasteiger partial charge in [0.1, 0.15) is 5.56 Å². The van der Waals surface area contributed by atoms with Gasteiger partial charge < -0.3 is 9.47 Å². The summed E-state index contributed by atoms with van der Waals surface area (Å²) in [5.41, 5.74) is 1.35. The van der Waals surface area contributed by atoms with Gasteiger partial charge in [0.15, 0.2) is 0 Å². The van der Waals surface area contributed by atoms with E-state index in [2.05, 4.69) is 9.72 Å². The topological polar surface area (TPSA) is 65.5 Å². The Balaban J connectivity index is 2.69. The number of esters is 2. The van der Waals surface area contributed by atoms with Crippen LogP contribution in [0.2, 0.25) is 0 Å². The van der Waals surface area contributed by atoms with Gasteiger partial charge in [-0.15, -0.1) is 0 Å². The number of methoxy groups -OCH3 is 2. The number of ether oxygens (including phenoxy) is 2. The number of carbonyl (C=O) groups is 2. The normalized spacial score (nSPS) is 9.90. The van der Waals surface area contributed by atoms with Crippen LogP contribution in [-0.2, 0) is 9.47 Å². The van der Waals surface area contributed by atoms with Crippen LogP contribution < -0.4 is 0 Å². The Morgan fingerprint density at radius 2 is 1.60 bits per heavy atom. The zero-order valence-corrected chi connectivity index (χ0v) is 11.1. The first-order valence-corrected chi connectivity index (χ1v) is 5.90. The van der Waals surface area contributed by atoms with Crippen molar-refractivity contribution < 1.29 is 19.1 Å². The summed E-state index contributed by atoms with van der Waals surface area (Å²) in [5.74, 6) is -1.23. The largest absolute Gasteiger partial charge is 0.465 e. The van der Waals surface area contributed by atoms with Crippen LogP contribution in [0.5, 0.6) is 0 Å². The van der Waals surface area contributed by atoms with Gasteiger partial charge in [0.2, 0.25) is 0 Å². The van der Waals surface area contributed by atoms with Crippen LogP contribution in [0.1, 0.15) is 20.7 Å². The predicted molar refractivity (Wildman–Crippen MR) is 72.4 cm³/mol. The molecule has 2 aromatic rings. The Hall–Kier alpha value is -2.69. The van der Waals surface area contributed by atoms with E-state index in [1.165, 1.54) is 26.5 Å². The summed E-state index contributed by atoms with van der Waals surface area (Å²) in [6.45, 7) is 0. The monoisotopic (exact) mass is 271 g/mol. The summed E-state index contributed by atoms with van der Waals surface area (Å²) in [6.07, 6.45) is 1.46. The quantitative estimate of drug-likeness (QED) is 0.801. The number of nitrogens with zero attached hydrogens (tertiary/aromatic N) is 1. The van der Waals surface area contributed by atoms with Crippen molar-refractivity contribution in [1.29, 1.82) is 0 Å². The van der Waals surface area contributed by atoms with Gasteiger partial charge in [-0.1, -0.05) is 30.3 Å². The molecular formula is C15H13NO4. The summed E-state index contributed by atoms with van der Waals surface area (Å²) in [5, 5.41) is 0. The molecule has 0 aliphatic rings. The van der Waals surface area contributed by atoms with Crippen molar-refractivity contribution in [3.63, 3.8) is 0 Å². The maximum absolute atomic E-state index is 12.0. The molecule has 0 saturated heterocycles. The minimum atomic E-state index is -0.627. The zero-order valence-electron chi connectivity index (χ0n) is 11.1. The number of carbonyl (C=O) groups excluding carboxylic acids is 2. The lowest BCUT2D eigenvalue weighted by molar-refractivity contribution is 0.0555. The van der Waals surface area contributed by atoms with Crippen LogP contribution in [0.25, 0.3) is 11.3 Å². The summed E-state index contributed by atoms with van der Waals surface area (Å²) in [4.78, 5) is 27.9. The Kier molecular flexibility index (Phi) is 4.10. The highest BCUT2D eigenvalue weighted by atomic mass is 16.5. The Morgan fingerprint density at radius 3 is 2.20 bits per heavy atom. The summed E-state index contributed by atoms with van der Waals surface area (Å²) < 4.78 is 9.44. The lowest BCUT2D eigenvalue weighted by Crippen LogP contribution is -2.14. The van der Waals surface area contributed by atoms with Crippen LogP contribution in [0, 0.1) is 0 Å². The van der Waals surface area contributed by atoms with E-state index in [4.69, 9.17) is 4.74 Å². The smallest absolute Gasteiger partial charge is 0.340 e. The maximum Gasteiger partial charge on any atom is 0.340 e. The van der Waals surface area contributed by atoms with Gasteiger partial charge >= 0.3 is 11.9 Å². The van der Waals surface area contributed by atoms with E-state index in [9.17, 15) is 9.59 Å². The van der Waals surface area contributed by atoms with Crippen LogP contribution >= 0.6 is 0 Å². The molecule has 2 rings (SSSR count). The molecule has 102 valence electrons. The van der Waals surface area contributed by atoms with Gasteiger partial charge in [-0.2, -0.15) is 0 Å². The fourth-order valence-electron chi connectivity index (χ4n) is 1.87. The number of hydrogen-bond donors (Lipinski definition) is 0. The summed E-state index contributed by atoms with van der Waals surface area (Å²) in [6, 6.07) is 10.5. The highest BCUT2D eigenvalue weighted by Crippen LogP contribution is 2.25. The van der Waals surface area contributed by atoms with Crippen LogP contribution in [0.3, 0.4) is 0 Å². The number of aromatic nitrogens is 1. The van der Waals surface area contributed by atoms with Gasteiger partial charge in [-0.05, 0) is 6.07 Å². The van der Waals surface area contributed by atoms with E-state index >= 15 is 0 Å². The Labute approximate surface area is 116 Å². The van der Waals surface area contributed by atoms with Crippen LogP contribution in [-0.4, -0.2) is 31.1 Å². The fourth-order valence-corrected chi connectivity index (χ4v) is 1.87. The van der Waals surface area contributed by atoms with E-state index in [1.54, 1.807) is 12.1 Å². The molecule has 0 N–H and O–H groups in total. The second kappa shape index (κ2) is 5.97. The van der Waals surface area contributed by atoms with Crippen molar-refractivity contribution in [1.82, 2.24) is 4.98 Å². The molecule has 1 heterocycles. The summed E-state index contributed by atoms with van der Waals surface area (Å²) in [7, 11) is 2.51. The molecule has 1 aromatic heterocycles. The maximum atomic E-state index is 12.0. The molecule has 0 atom stereocenters. The summed E-state index contributed by atoms with van der Waals surface area (Å²) >= 11 is 0. The molecule has 0 spiro atoms. The third-order valence-electron chi connectivity index (χ3n) is 2.79. The molecule has 0 aliphatic heterocycles. The minimum absolute atomic E-state index is 0.105. The zero-order chi connectivity index (χ0) is 14.5. The van der Waals surface area contributed by atoms with Gasteiger partial charge in [-0.25, -0.2) is 9.59 Å². The first-order valence-electron chi connectivity index (χ1n) is 5.90. The lowest BCUT2D eigenvalue weighted by Gasteiger charge is -2.11. The van der Waals surface area contributed by atoms with E-state index in [-0.39, 0.29) is 11.1 Å². The molecule has 5 nitrogen and oxygen atoms in total. The highest BCUT2D eigenvalue weighted by Gasteiger charge is 2.23. The van der Waals surface area contributed by atoms with Crippen molar-refractivity contribution >= 4 is 11.9 Å². The lowest BCUT2D eigenvalue weighted by atomic mass is 10.0. The number of pyridine rings is 1. The van der Waals surface area contributed by atoms with Gasteiger partial charge in [0.25, 0.3) is 0 Å². The first kappa shape index (κ1) is 13.7. The standard InChI is InChI=1S/C15H13NO4/c1-19-14(17)11-8-9-16-13(12(11)15(18)20-2)10-6-4-3-5-7-10/h3-9H,1-2H3. The van der Waals surface area contributed by atoms with Crippen LogP contribution in [0.4, 0.5) is 0 Å². The van der Waals surface area contributed by atoms with E-state index in [0.717, 1.165) is 5.56 Å². The first-order chi connectivity index (χ1) is 9.69. The average Bonchev–Trinajstić information content (AvgIpc) is 2.53. The third-order valence-corrected chi connectivity index (χ3v) is 2.79. The van der Waals surface area contributed by atoms with Crippen LogP contribution in [0.15, 0.2) is 42.6 Å². The molecule has 0 unspecified atom stereocenters. The van der Waals surface area contributed by atoms with Crippen molar-refractivity contribution in [3.8, 4) is 11.3 Å². The molecule has 0 aliphatic carbocycles. The number of benzene rings is 1. The van der Waals surface area contributed by atoms with Gasteiger partial charge in [-0.3, -0.25) is 4.98 Å². The number of rotatable bonds is 3. The third kappa shape index (κ3) is 2.51. The molecule has 0 radical (unpaired) electrons. The number of hydrogen-bond acceptors (Lipinski definition) is 5.